The number of carbonyl (C=O) groups excluding carboxylic acids is 2. The lowest BCUT2D eigenvalue weighted by Crippen LogP contribution is -2.22. The molecule has 0 aliphatic heterocycles. The summed E-state index contributed by atoms with van der Waals surface area (Å²) in [6.07, 6.45) is 9.14. The number of phenolic OH excluding ortho intramolecular Hbond substituents is 2. The Morgan fingerprint density at radius 3 is 2.67 bits per heavy atom. The molecule has 1 aromatic carbocycles. The number of nitrogens with one attached hydrogen (secondary N) is 1. The zero-order chi connectivity index (χ0) is 17.4. The number of aromatic nitrogens is 1. The number of aryl methyl sites for hydroxylation is 1. The van der Waals surface area contributed by atoms with Crippen molar-refractivity contribution in [3.05, 3.63) is 53.9 Å². The molecule has 1 heterocycles. The number of aromatic hydroxyl groups is 2. The second-order valence-electron chi connectivity index (χ2n) is 5.38. The van der Waals surface area contributed by atoms with Gasteiger partial charge in [-0.3, -0.25) is 9.59 Å². The van der Waals surface area contributed by atoms with Crippen LogP contribution in [0.1, 0.15) is 28.8 Å². The predicted molar refractivity (Wildman–Crippen MR) is 90.9 cm³/mol. The Labute approximate surface area is 140 Å². The monoisotopic (exact) mass is 328 g/mol. The fraction of sp³-hybridized carbons (Fsp3) is 0.222. The molecule has 2 aromatic rings. The third kappa shape index (κ3) is 5.31. The van der Waals surface area contributed by atoms with E-state index in [1.807, 2.05) is 10.8 Å². The van der Waals surface area contributed by atoms with E-state index in [0.29, 0.717) is 17.7 Å². The molecule has 6 heteroatoms. The highest BCUT2D eigenvalue weighted by Crippen LogP contribution is 2.25. The summed E-state index contributed by atoms with van der Waals surface area (Å²) < 4.78 is 1.95. The van der Waals surface area contributed by atoms with Crippen molar-refractivity contribution < 1.29 is 19.8 Å². The van der Waals surface area contributed by atoms with Crippen LogP contribution in [0, 0.1) is 0 Å². The molecule has 0 saturated carbocycles. The Hall–Kier alpha value is -3.02. The van der Waals surface area contributed by atoms with Gasteiger partial charge in [0, 0.05) is 37.1 Å². The van der Waals surface area contributed by atoms with Crippen LogP contribution in [0.4, 0.5) is 0 Å². The third-order valence-electron chi connectivity index (χ3n) is 3.48. The minimum atomic E-state index is -0.222. The number of phenols is 2. The Kier molecular flexibility index (Phi) is 6.19. The van der Waals surface area contributed by atoms with Crippen molar-refractivity contribution in [2.24, 2.45) is 0 Å². The lowest BCUT2D eigenvalue weighted by molar-refractivity contribution is -0.116. The maximum atomic E-state index is 11.7. The highest BCUT2D eigenvalue weighted by atomic mass is 16.3. The summed E-state index contributed by atoms with van der Waals surface area (Å²) in [6, 6.07) is 6.11. The molecule has 126 valence electrons. The largest absolute Gasteiger partial charge is 0.504 e. The van der Waals surface area contributed by atoms with Crippen molar-refractivity contribution in [1.82, 2.24) is 9.88 Å². The van der Waals surface area contributed by atoms with Gasteiger partial charge in [0.2, 0.25) is 5.91 Å². The number of nitrogens with zero attached hydrogens (tertiary/aromatic N) is 1. The van der Waals surface area contributed by atoms with Gasteiger partial charge in [-0.15, -0.1) is 0 Å². The molecule has 0 aliphatic rings. The van der Waals surface area contributed by atoms with Crippen LogP contribution in [0.3, 0.4) is 0 Å². The summed E-state index contributed by atoms with van der Waals surface area (Å²) in [5.74, 6) is -0.633. The van der Waals surface area contributed by atoms with Crippen molar-refractivity contribution in [1.29, 1.82) is 0 Å². The molecule has 6 nitrogen and oxygen atoms in total. The average molecular weight is 328 g/mol. The second-order valence-corrected chi connectivity index (χ2v) is 5.38. The number of unbranched alkanes of at least 4 members (excludes halogenated alkanes) is 1. The van der Waals surface area contributed by atoms with E-state index in [4.69, 9.17) is 0 Å². The SMILES string of the molecule is O=Cc1ccn(CCCCNC(=O)C=Cc2ccc(O)c(O)c2)c1. The summed E-state index contributed by atoms with van der Waals surface area (Å²) in [5, 5.41) is 21.4. The number of carbonyl (C=O) groups is 2. The normalized spacial score (nSPS) is 10.8. The Balaban J connectivity index is 1.66. The molecule has 1 aromatic heterocycles. The van der Waals surface area contributed by atoms with Crippen molar-refractivity contribution in [2.45, 2.75) is 19.4 Å². The van der Waals surface area contributed by atoms with Crippen molar-refractivity contribution in [3.63, 3.8) is 0 Å². The summed E-state index contributed by atoms with van der Waals surface area (Å²) in [4.78, 5) is 22.3. The van der Waals surface area contributed by atoms with E-state index in [9.17, 15) is 19.8 Å². The van der Waals surface area contributed by atoms with Crippen LogP contribution in [-0.2, 0) is 11.3 Å². The molecule has 0 spiro atoms. The Morgan fingerprint density at radius 1 is 1.12 bits per heavy atom. The molecule has 0 bridgehead atoms. The van der Waals surface area contributed by atoms with Gasteiger partial charge in [0.15, 0.2) is 17.8 Å². The number of rotatable bonds is 8. The molecular weight excluding hydrogens is 308 g/mol. The zero-order valence-corrected chi connectivity index (χ0v) is 13.2. The van der Waals surface area contributed by atoms with E-state index in [0.717, 1.165) is 25.7 Å². The van der Waals surface area contributed by atoms with Gasteiger partial charge in [0.1, 0.15) is 0 Å². The minimum Gasteiger partial charge on any atom is -0.504 e. The molecule has 2 rings (SSSR count). The van der Waals surface area contributed by atoms with Crippen molar-refractivity contribution >= 4 is 18.3 Å². The van der Waals surface area contributed by atoms with Crippen LogP contribution >= 0.6 is 0 Å². The van der Waals surface area contributed by atoms with Crippen LogP contribution in [0.2, 0.25) is 0 Å². The quantitative estimate of drug-likeness (QED) is 0.300. The van der Waals surface area contributed by atoms with Gasteiger partial charge < -0.3 is 20.1 Å². The fourth-order valence-corrected chi connectivity index (χ4v) is 2.17. The van der Waals surface area contributed by atoms with Crippen LogP contribution in [0.15, 0.2) is 42.7 Å². The molecule has 0 unspecified atom stereocenters. The van der Waals surface area contributed by atoms with Gasteiger partial charge in [-0.25, -0.2) is 0 Å². The molecule has 3 N–H and O–H groups in total. The predicted octanol–water partition coefficient (Wildman–Crippen LogP) is 2.32. The number of hydrogen-bond acceptors (Lipinski definition) is 4. The average Bonchev–Trinajstić information content (AvgIpc) is 3.03. The standard InChI is InChI=1S/C18H20N2O4/c21-13-15-7-10-20(12-15)9-2-1-8-19-18(24)6-4-14-3-5-16(22)17(23)11-14/h3-7,10-13,22-23H,1-2,8-9H2,(H,19,24). The van der Waals surface area contributed by atoms with Crippen molar-refractivity contribution in [3.8, 4) is 11.5 Å². The topological polar surface area (TPSA) is 91.6 Å². The van der Waals surface area contributed by atoms with Crippen molar-refractivity contribution in [2.75, 3.05) is 6.54 Å². The second kappa shape index (κ2) is 8.57. The maximum Gasteiger partial charge on any atom is 0.243 e. The molecule has 0 saturated heterocycles. The number of hydrogen-bond donors (Lipinski definition) is 3. The molecule has 0 atom stereocenters. The lowest BCUT2D eigenvalue weighted by Gasteiger charge is -2.04. The minimum absolute atomic E-state index is 0.195. The van der Waals surface area contributed by atoms with Gasteiger partial charge in [0.05, 0.1) is 0 Å². The molecule has 0 radical (unpaired) electrons. The third-order valence-corrected chi connectivity index (χ3v) is 3.48. The van der Waals surface area contributed by atoms with Crippen LogP contribution in [-0.4, -0.2) is 33.5 Å². The number of amides is 1. The van der Waals surface area contributed by atoms with Gasteiger partial charge in [-0.05, 0) is 42.7 Å². The Bertz CT molecular complexity index is 734. The van der Waals surface area contributed by atoms with E-state index in [1.54, 1.807) is 24.4 Å². The smallest absolute Gasteiger partial charge is 0.243 e. The first-order chi connectivity index (χ1) is 11.6. The summed E-state index contributed by atoms with van der Waals surface area (Å²) in [6.45, 7) is 1.36. The zero-order valence-electron chi connectivity index (χ0n) is 13.2. The summed E-state index contributed by atoms with van der Waals surface area (Å²) >= 11 is 0. The Morgan fingerprint density at radius 2 is 1.96 bits per heavy atom. The van der Waals surface area contributed by atoms with Gasteiger partial charge in [0.25, 0.3) is 0 Å². The first kappa shape index (κ1) is 17.3. The van der Waals surface area contributed by atoms with Crippen LogP contribution in [0.5, 0.6) is 11.5 Å². The van der Waals surface area contributed by atoms with Gasteiger partial charge in [-0.1, -0.05) is 6.07 Å². The first-order valence-electron chi connectivity index (χ1n) is 7.67. The molecule has 0 aliphatic carbocycles. The van der Waals surface area contributed by atoms with Crippen LogP contribution in [0.25, 0.3) is 6.08 Å². The summed E-state index contributed by atoms with van der Waals surface area (Å²) in [5.41, 5.74) is 1.28. The van der Waals surface area contributed by atoms with E-state index in [-0.39, 0.29) is 17.4 Å². The van der Waals surface area contributed by atoms with E-state index in [1.165, 1.54) is 18.2 Å². The number of aldehydes is 1. The van der Waals surface area contributed by atoms with Gasteiger partial charge >= 0.3 is 0 Å². The van der Waals surface area contributed by atoms with E-state index >= 15 is 0 Å². The maximum absolute atomic E-state index is 11.7. The molecule has 0 fully saturated rings. The lowest BCUT2D eigenvalue weighted by atomic mass is 10.2. The highest BCUT2D eigenvalue weighted by Gasteiger charge is 2.00. The summed E-state index contributed by atoms with van der Waals surface area (Å²) in [7, 11) is 0. The molecule has 24 heavy (non-hydrogen) atoms. The molecular formula is C18H20N2O4. The first-order valence-corrected chi connectivity index (χ1v) is 7.67. The molecule has 1 amide bonds. The van der Waals surface area contributed by atoms with Crippen LogP contribution < -0.4 is 5.32 Å². The number of benzene rings is 1. The van der Waals surface area contributed by atoms with E-state index < -0.39 is 0 Å². The fourth-order valence-electron chi connectivity index (χ4n) is 2.17. The van der Waals surface area contributed by atoms with E-state index in [2.05, 4.69) is 5.32 Å². The highest BCUT2D eigenvalue weighted by molar-refractivity contribution is 5.91. The van der Waals surface area contributed by atoms with Gasteiger partial charge in [-0.2, -0.15) is 0 Å².